The van der Waals surface area contributed by atoms with Gasteiger partial charge in [-0.3, -0.25) is 9.69 Å². The van der Waals surface area contributed by atoms with Crippen molar-refractivity contribution in [3.63, 3.8) is 0 Å². The maximum Gasteiger partial charge on any atom is 0.241 e. The number of carbonyl (C=O) groups is 1. The van der Waals surface area contributed by atoms with Crippen molar-refractivity contribution in [2.24, 2.45) is 5.92 Å². The number of hydrogen-bond donors (Lipinski definition) is 3. The van der Waals surface area contributed by atoms with Crippen molar-refractivity contribution in [2.45, 2.75) is 19.9 Å². The molecule has 20 heavy (non-hydrogen) atoms. The van der Waals surface area contributed by atoms with Gasteiger partial charge in [0.25, 0.3) is 0 Å². The highest BCUT2D eigenvalue weighted by molar-refractivity contribution is 5.95. The topological polar surface area (TPSA) is 70.4 Å². The second kappa shape index (κ2) is 6.72. The van der Waals surface area contributed by atoms with Gasteiger partial charge in [-0.2, -0.15) is 0 Å². The molecule has 1 atom stereocenters. The van der Waals surface area contributed by atoms with E-state index in [-0.39, 0.29) is 17.9 Å². The molecule has 1 aliphatic rings. The Labute approximate surface area is 120 Å². The van der Waals surface area contributed by atoms with Crippen LogP contribution in [0.2, 0.25) is 0 Å². The molecule has 2 rings (SSSR count). The third-order valence-electron chi connectivity index (χ3n) is 3.60. The first kappa shape index (κ1) is 14.8. The second-order valence-corrected chi connectivity index (χ2v) is 5.59. The molecule has 0 aliphatic carbocycles. The van der Waals surface area contributed by atoms with Crippen LogP contribution in [0.15, 0.2) is 24.3 Å². The van der Waals surface area contributed by atoms with Gasteiger partial charge in [0.2, 0.25) is 5.91 Å². The third kappa shape index (κ3) is 3.71. The maximum absolute atomic E-state index is 12.6. The van der Waals surface area contributed by atoms with Crippen LogP contribution in [-0.4, -0.2) is 43.0 Å². The third-order valence-corrected chi connectivity index (χ3v) is 3.60. The number of rotatable bonds is 4. The minimum Gasteiger partial charge on any atom is -0.399 e. The lowest BCUT2D eigenvalue weighted by molar-refractivity contribution is -0.123. The summed E-state index contributed by atoms with van der Waals surface area (Å²) in [6.45, 7) is 7.88. The Hall–Kier alpha value is -1.59. The van der Waals surface area contributed by atoms with Crippen molar-refractivity contribution in [1.82, 2.24) is 10.2 Å². The molecule has 0 aromatic heterocycles. The van der Waals surface area contributed by atoms with Gasteiger partial charge >= 0.3 is 0 Å². The Morgan fingerprint density at radius 3 is 2.65 bits per heavy atom. The number of nitrogens with two attached hydrogens (primary N) is 1. The van der Waals surface area contributed by atoms with E-state index >= 15 is 0 Å². The highest BCUT2D eigenvalue weighted by Gasteiger charge is 2.29. The van der Waals surface area contributed by atoms with Gasteiger partial charge in [-0.1, -0.05) is 19.9 Å². The summed E-state index contributed by atoms with van der Waals surface area (Å²) in [4.78, 5) is 14.8. The molecule has 1 saturated heterocycles. The predicted molar refractivity (Wildman–Crippen MR) is 82.6 cm³/mol. The highest BCUT2D eigenvalue weighted by atomic mass is 16.2. The van der Waals surface area contributed by atoms with Gasteiger partial charge in [0.05, 0.1) is 6.04 Å². The number of anilines is 2. The number of carbonyl (C=O) groups excluding carboxylic acids is 1. The van der Waals surface area contributed by atoms with Gasteiger partial charge in [-0.25, -0.2) is 0 Å². The Morgan fingerprint density at radius 2 is 2.05 bits per heavy atom. The van der Waals surface area contributed by atoms with Crippen LogP contribution >= 0.6 is 0 Å². The smallest absolute Gasteiger partial charge is 0.241 e. The summed E-state index contributed by atoms with van der Waals surface area (Å²) in [6, 6.07) is 7.21. The molecule has 1 unspecified atom stereocenters. The minimum absolute atomic E-state index is 0.0486. The number of piperazine rings is 1. The van der Waals surface area contributed by atoms with Crippen LogP contribution in [0.3, 0.4) is 0 Å². The summed E-state index contributed by atoms with van der Waals surface area (Å²) >= 11 is 0. The van der Waals surface area contributed by atoms with Crippen LogP contribution in [0.4, 0.5) is 11.4 Å². The number of benzene rings is 1. The molecule has 1 aromatic rings. The summed E-state index contributed by atoms with van der Waals surface area (Å²) in [7, 11) is 0. The lowest BCUT2D eigenvalue weighted by Crippen LogP contribution is -2.54. The highest BCUT2D eigenvalue weighted by Crippen LogP contribution is 2.17. The molecule has 1 aromatic carbocycles. The van der Waals surface area contributed by atoms with E-state index < -0.39 is 0 Å². The lowest BCUT2D eigenvalue weighted by Gasteiger charge is -2.36. The number of amides is 1. The van der Waals surface area contributed by atoms with E-state index in [0.717, 1.165) is 31.9 Å². The van der Waals surface area contributed by atoms with Crippen LogP contribution in [0.5, 0.6) is 0 Å². The molecule has 5 nitrogen and oxygen atoms in total. The first-order valence-electron chi connectivity index (χ1n) is 7.19. The van der Waals surface area contributed by atoms with E-state index in [1.54, 1.807) is 6.07 Å². The SMILES string of the molecule is CC(C)C(C(=O)Nc1cccc(N)c1)N1CCNCC1. The summed E-state index contributed by atoms with van der Waals surface area (Å²) in [5.74, 6) is 0.321. The zero-order valence-corrected chi connectivity index (χ0v) is 12.2. The molecule has 1 aliphatic heterocycles. The molecule has 0 saturated carbocycles. The first-order chi connectivity index (χ1) is 9.58. The largest absolute Gasteiger partial charge is 0.399 e. The molecule has 1 fully saturated rings. The Bertz CT molecular complexity index is 455. The van der Waals surface area contributed by atoms with Crippen molar-refractivity contribution in [3.8, 4) is 0 Å². The number of nitrogen functional groups attached to an aromatic ring is 1. The van der Waals surface area contributed by atoms with Crippen LogP contribution < -0.4 is 16.4 Å². The molecule has 110 valence electrons. The van der Waals surface area contributed by atoms with E-state index in [9.17, 15) is 4.79 Å². The minimum atomic E-state index is -0.0986. The fraction of sp³-hybridized carbons (Fsp3) is 0.533. The molecule has 0 spiro atoms. The molecule has 5 heteroatoms. The van der Waals surface area contributed by atoms with E-state index in [4.69, 9.17) is 5.73 Å². The van der Waals surface area contributed by atoms with E-state index in [2.05, 4.69) is 29.4 Å². The summed E-state index contributed by atoms with van der Waals surface area (Å²) < 4.78 is 0. The molecule has 0 bridgehead atoms. The van der Waals surface area contributed by atoms with Crippen molar-refractivity contribution < 1.29 is 4.79 Å². The fourth-order valence-electron chi connectivity index (χ4n) is 2.68. The Balaban J connectivity index is 2.06. The van der Waals surface area contributed by atoms with E-state index in [0.29, 0.717) is 5.69 Å². The zero-order valence-electron chi connectivity index (χ0n) is 12.2. The van der Waals surface area contributed by atoms with Gasteiger partial charge < -0.3 is 16.4 Å². The van der Waals surface area contributed by atoms with Crippen molar-refractivity contribution in [2.75, 3.05) is 37.2 Å². The van der Waals surface area contributed by atoms with Crippen molar-refractivity contribution >= 4 is 17.3 Å². The molecule has 0 radical (unpaired) electrons. The first-order valence-corrected chi connectivity index (χ1v) is 7.19. The van der Waals surface area contributed by atoms with Crippen LogP contribution in [0.25, 0.3) is 0 Å². The number of hydrogen-bond acceptors (Lipinski definition) is 4. The second-order valence-electron chi connectivity index (χ2n) is 5.59. The van der Waals surface area contributed by atoms with Crippen LogP contribution in [-0.2, 0) is 4.79 Å². The van der Waals surface area contributed by atoms with E-state index in [1.807, 2.05) is 18.2 Å². The average Bonchev–Trinajstić information content (AvgIpc) is 2.39. The molecule has 1 heterocycles. The summed E-state index contributed by atoms with van der Waals surface area (Å²) in [5.41, 5.74) is 7.16. The van der Waals surface area contributed by atoms with Gasteiger partial charge in [0, 0.05) is 37.6 Å². The predicted octanol–water partition coefficient (Wildman–Crippen LogP) is 1.14. The lowest BCUT2D eigenvalue weighted by atomic mass is 10.0. The number of nitrogens with one attached hydrogen (secondary N) is 2. The average molecular weight is 276 g/mol. The molecule has 1 amide bonds. The monoisotopic (exact) mass is 276 g/mol. The summed E-state index contributed by atoms with van der Waals surface area (Å²) in [5, 5.41) is 6.30. The fourth-order valence-corrected chi connectivity index (χ4v) is 2.68. The van der Waals surface area contributed by atoms with Gasteiger partial charge in [0.15, 0.2) is 0 Å². The maximum atomic E-state index is 12.6. The number of nitrogens with zero attached hydrogens (tertiary/aromatic N) is 1. The zero-order chi connectivity index (χ0) is 14.5. The van der Waals surface area contributed by atoms with Crippen molar-refractivity contribution in [1.29, 1.82) is 0 Å². The molecular formula is C15H24N4O. The van der Waals surface area contributed by atoms with Gasteiger partial charge in [-0.05, 0) is 24.1 Å². The van der Waals surface area contributed by atoms with Gasteiger partial charge in [-0.15, -0.1) is 0 Å². The normalized spacial score (nSPS) is 17.9. The quantitative estimate of drug-likeness (QED) is 0.721. The van der Waals surface area contributed by atoms with Crippen LogP contribution in [0.1, 0.15) is 13.8 Å². The molecule has 4 N–H and O–H groups in total. The van der Waals surface area contributed by atoms with Gasteiger partial charge in [0.1, 0.15) is 0 Å². The van der Waals surface area contributed by atoms with Crippen LogP contribution in [0, 0.1) is 5.92 Å². The van der Waals surface area contributed by atoms with E-state index in [1.165, 1.54) is 0 Å². The Kier molecular flexibility index (Phi) is 4.98. The van der Waals surface area contributed by atoms with Crippen molar-refractivity contribution in [3.05, 3.63) is 24.3 Å². The molecular weight excluding hydrogens is 252 g/mol. The summed E-state index contributed by atoms with van der Waals surface area (Å²) in [6.07, 6.45) is 0. The standard InChI is InChI=1S/C15H24N4O/c1-11(2)14(19-8-6-17-7-9-19)15(20)18-13-5-3-4-12(16)10-13/h3-5,10-11,14,17H,6-9,16H2,1-2H3,(H,18,20). The Morgan fingerprint density at radius 1 is 1.35 bits per heavy atom.